The van der Waals surface area contributed by atoms with Crippen LogP contribution in [-0.4, -0.2) is 60.1 Å². The highest BCUT2D eigenvalue weighted by molar-refractivity contribution is 4.87. The fourth-order valence-corrected chi connectivity index (χ4v) is 2.88. The van der Waals surface area contributed by atoms with Crippen molar-refractivity contribution >= 4 is 0 Å². The Bertz CT molecular complexity index is 248. The van der Waals surface area contributed by atoms with E-state index >= 15 is 0 Å². The van der Waals surface area contributed by atoms with E-state index in [1.54, 1.807) is 0 Å². The Morgan fingerprint density at radius 2 is 1.89 bits per heavy atom. The number of likely N-dealkylation sites (tertiary alicyclic amines) is 1. The van der Waals surface area contributed by atoms with Gasteiger partial charge in [0.15, 0.2) is 0 Å². The molecule has 1 saturated heterocycles. The van der Waals surface area contributed by atoms with Crippen LogP contribution in [0.4, 0.5) is 0 Å². The maximum absolute atomic E-state index is 3.70. The van der Waals surface area contributed by atoms with E-state index in [-0.39, 0.29) is 5.54 Å². The lowest BCUT2D eigenvalue weighted by Crippen LogP contribution is -2.47. The molecule has 3 heteroatoms. The molecule has 0 bridgehead atoms. The second kappa shape index (κ2) is 7.61. The summed E-state index contributed by atoms with van der Waals surface area (Å²) in [5.74, 6) is 0. The molecule has 1 fully saturated rings. The largest absolute Gasteiger partial charge is 0.310 e. The number of nitrogens with zero attached hydrogens (tertiary/aromatic N) is 2. The maximum atomic E-state index is 3.70. The SMILES string of the molecule is CCN(CC)C1CCN(C(C)CNC(C)(C)CC)C1. The van der Waals surface area contributed by atoms with Crippen LogP contribution in [0.1, 0.15) is 54.4 Å². The van der Waals surface area contributed by atoms with Crippen LogP contribution < -0.4 is 5.32 Å². The summed E-state index contributed by atoms with van der Waals surface area (Å²) < 4.78 is 0. The van der Waals surface area contributed by atoms with Crippen LogP contribution in [0.2, 0.25) is 0 Å². The van der Waals surface area contributed by atoms with Crippen LogP contribution in [0.3, 0.4) is 0 Å². The zero-order valence-electron chi connectivity index (χ0n) is 14.0. The minimum absolute atomic E-state index is 0.270. The fourth-order valence-electron chi connectivity index (χ4n) is 2.88. The van der Waals surface area contributed by atoms with Gasteiger partial charge in [-0.3, -0.25) is 9.80 Å². The van der Waals surface area contributed by atoms with Gasteiger partial charge in [-0.1, -0.05) is 20.8 Å². The Morgan fingerprint density at radius 1 is 1.26 bits per heavy atom. The molecule has 0 aromatic carbocycles. The Hall–Kier alpha value is -0.120. The third-order valence-corrected chi connectivity index (χ3v) is 4.91. The van der Waals surface area contributed by atoms with Crippen molar-refractivity contribution in [3.63, 3.8) is 0 Å². The third-order valence-electron chi connectivity index (χ3n) is 4.91. The second-order valence-corrected chi connectivity index (χ2v) is 6.63. The van der Waals surface area contributed by atoms with E-state index in [4.69, 9.17) is 0 Å². The van der Waals surface area contributed by atoms with Gasteiger partial charge in [0, 0.05) is 37.3 Å². The molecule has 1 aliphatic rings. The van der Waals surface area contributed by atoms with Gasteiger partial charge >= 0.3 is 0 Å². The summed E-state index contributed by atoms with van der Waals surface area (Å²) in [6.45, 7) is 19.7. The normalized spacial score (nSPS) is 23.2. The average Bonchev–Trinajstić information content (AvgIpc) is 2.87. The first-order valence-electron chi connectivity index (χ1n) is 8.16. The number of hydrogen-bond donors (Lipinski definition) is 1. The number of nitrogens with one attached hydrogen (secondary N) is 1. The van der Waals surface area contributed by atoms with Crippen molar-refractivity contribution in [1.29, 1.82) is 0 Å². The van der Waals surface area contributed by atoms with Crippen molar-refractivity contribution in [2.24, 2.45) is 0 Å². The smallest absolute Gasteiger partial charge is 0.0235 e. The molecular formula is C16H35N3. The average molecular weight is 269 g/mol. The van der Waals surface area contributed by atoms with Crippen molar-refractivity contribution in [2.45, 2.75) is 72.0 Å². The van der Waals surface area contributed by atoms with E-state index in [1.807, 2.05) is 0 Å². The van der Waals surface area contributed by atoms with Gasteiger partial charge in [0.2, 0.25) is 0 Å². The van der Waals surface area contributed by atoms with E-state index < -0.39 is 0 Å². The molecule has 0 aromatic heterocycles. The van der Waals surface area contributed by atoms with Gasteiger partial charge in [-0.15, -0.1) is 0 Å². The van der Waals surface area contributed by atoms with Crippen LogP contribution in [0.15, 0.2) is 0 Å². The van der Waals surface area contributed by atoms with Crippen molar-refractivity contribution < 1.29 is 0 Å². The Labute approximate surface area is 120 Å². The molecule has 1 N–H and O–H groups in total. The van der Waals surface area contributed by atoms with Gasteiger partial charge in [-0.2, -0.15) is 0 Å². The lowest BCUT2D eigenvalue weighted by molar-refractivity contribution is 0.185. The number of likely N-dealkylation sites (N-methyl/N-ethyl adjacent to an activating group) is 1. The van der Waals surface area contributed by atoms with E-state index in [0.717, 1.165) is 12.6 Å². The van der Waals surface area contributed by atoms with Gasteiger partial charge in [-0.25, -0.2) is 0 Å². The summed E-state index contributed by atoms with van der Waals surface area (Å²) >= 11 is 0. The van der Waals surface area contributed by atoms with Gasteiger partial charge in [-0.05, 0) is 46.7 Å². The lowest BCUT2D eigenvalue weighted by Gasteiger charge is -2.31. The third kappa shape index (κ3) is 5.05. The van der Waals surface area contributed by atoms with E-state index in [1.165, 1.54) is 39.0 Å². The molecule has 3 nitrogen and oxygen atoms in total. The van der Waals surface area contributed by atoms with Crippen LogP contribution in [0.25, 0.3) is 0 Å². The molecule has 1 heterocycles. The molecule has 0 saturated carbocycles. The van der Waals surface area contributed by atoms with Crippen LogP contribution in [0, 0.1) is 0 Å². The highest BCUT2D eigenvalue weighted by Gasteiger charge is 2.29. The molecule has 0 amide bonds. The maximum Gasteiger partial charge on any atom is 0.0235 e. The van der Waals surface area contributed by atoms with Crippen LogP contribution in [0.5, 0.6) is 0 Å². The Kier molecular flexibility index (Phi) is 6.78. The summed E-state index contributed by atoms with van der Waals surface area (Å²) in [5, 5.41) is 3.70. The zero-order chi connectivity index (χ0) is 14.5. The Morgan fingerprint density at radius 3 is 2.42 bits per heavy atom. The zero-order valence-corrected chi connectivity index (χ0v) is 14.0. The fraction of sp³-hybridized carbons (Fsp3) is 1.00. The van der Waals surface area contributed by atoms with Gasteiger partial charge in [0.05, 0.1) is 0 Å². The molecule has 19 heavy (non-hydrogen) atoms. The van der Waals surface area contributed by atoms with E-state index in [2.05, 4.69) is 56.7 Å². The lowest BCUT2D eigenvalue weighted by atomic mass is 10.0. The molecule has 0 spiro atoms. The van der Waals surface area contributed by atoms with E-state index in [9.17, 15) is 0 Å². The minimum Gasteiger partial charge on any atom is -0.310 e. The van der Waals surface area contributed by atoms with Crippen molar-refractivity contribution in [2.75, 3.05) is 32.7 Å². The first-order chi connectivity index (χ1) is 8.93. The molecule has 114 valence electrons. The molecule has 0 aromatic rings. The van der Waals surface area contributed by atoms with Gasteiger partial charge < -0.3 is 5.32 Å². The van der Waals surface area contributed by atoms with Crippen molar-refractivity contribution in [3.05, 3.63) is 0 Å². The highest BCUT2D eigenvalue weighted by Crippen LogP contribution is 2.18. The summed E-state index contributed by atoms with van der Waals surface area (Å²) in [4.78, 5) is 5.26. The molecule has 2 unspecified atom stereocenters. The Balaban J connectivity index is 2.37. The van der Waals surface area contributed by atoms with Gasteiger partial charge in [0.25, 0.3) is 0 Å². The molecule has 2 atom stereocenters. The van der Waals surface area contributed by atoms with Crippen molar-refractivity contribution in [3.8, 4) is 0 Å². The second-order valence-electron chi connectivity index (χ2n) is 6.63. The monoisotopic (exact) mass is 269 g/mol. The predicted molar refractivity (Wildman–Crippen MR) is 84.7 cm³/mol. The molecule has 0 aliphatic carbocycles. The number of hydrogen-bond acceptors (Lipinski definition) is 3. The standard InChI is InChI=1S/C16H35N3/c1-7-16(5,6)17-12-14(4)19-11-10-15(13-19)18(8-2)9-3/h14-15,17H,7-13H2,1-6H3. The van der Waals surface area contributed by atoms with Crippen LogP contribution >= 0.6 is 0 Å². The summed E-state index contributed by atoms with van der Waals surface area (Å²) in [6, 6.07) is 1.42. The summed E-state index contributed by atoms with van der Waals surface area (Å²) in [5.41, 5.74) is 0.270. The highest BCUT2D eigenvalue weighted by atomic mass is 15.3. The molecular weight excluding hydrogens is 234 g/mol. The molecule has 0 radical (unpaired) electrons. The van der Waals surface area contributed by atoms with Crippen LogP contribution in [-0.2, 0) is 0 Å². The molecule has 1 aliphatic heterocycles. The first-order valence-corrected chi connectivity index (χ1v) is 8.16. The van der Waals surface area contributed by atoms with E-state index in [0.29, 0.717) is 6.04 Å². The minimum atomic E-state index is 0.270. The number of rotatable bonds is 8. The quantitative estimate of drug-likeness (QED) is 0.730. The predicted octanol–water partition coefficient (Wildman–Crippen LogP) is 2.57. The topological polar surface area (TPSA) is 18.5 Å². The summed E-state index contributed by atoms with van der Waals surface area (Å²) in [6.07, 6.45) is 2.52. The first kappa shape index (κ1) is 16.9. The van der Waals surface area contributed by atoms with Crippen molar-refractivity contribution in [1.82, 2.24) is 15.1 Å². The summed E-state index contributed by atoms with van der Waals surface area (Å²) in [7, 11) is 0. The van der Waals surface area contributed by atoms with Gasteiger partial charge in [0.1, 0.15) is 0 Å². The molecule has 1 rings (SSSR count).